The maximum Gasteiger partial charge on any atom is 0.509 e. The first kappa shape index (κ1) is 18.9. The molecule has 8 heteroatoms. The van der Waals surface area contributed by atoms with Gasteiger partial charge in [-0.15, -0.1) is 0 Å². The smallest absolute Gasteiger partial charge is 0.478 e. The average molecular weight is 304 g/mol. The highest BCUT2D eigenvalue weighted by Gasteiger charge is 2.30. The minimum absolute atomic E-state index is 0.386. The second kappa shape index (κ2) is 7.61. The van der Waals surface area contributed by atoms with Crippen LogP contribution in [-0.4, -0.2) is 46.8 Å². The van der Waals surface area contributed by atoms with Crippen LogP contribution in [0.25, 0.3) is 0 Å². The van der Waals surface area contributed by atoms with Crippen molar-refractivity contribution in [2.75, 3.05) is 0 Å². The lowest BCUT2D eigenvalue weighted by Crippen LogP contribution is -2.34. The van der Waals surface area contributed by atoms with E-state index in [-0.39, 0.29) is 5.78 Å². The molecule has 2 atom stereocenters. The Balaban J connectivity index is 4.57. The number of esters is 1. The lowest BCUT2D eigenvalue weighted by Gasteiger charge is -2.21. The second-order valence-electron chi connectivity index (χ2n) is 5.36. The molecule has 0 fully saturated rings. The van der Waals surface area contributed by atoms with Crippen molar-refractivity contribution < 1.29 is 38.5 Å². The number of ether oxygens (including phenoxy) is 3. The lowest BCUT2D eigenvalue weighted by atomic mass is 10.2. The molecule has 0 aromatic rings. The molecule has 0 radical (unpaired) electrons. The number of aliphatic carboxylic acids is 1. The fourth-order valence-corrected chi connectivity index (χ4v) is 1.05. The van der Waals surface area contributed by atoms with E-state index >= 15 is 0 Å². The van der Waals surface area contributed by atoms with Crippen LogP contribution in [0, 0.1) is 0 Å². The zero-order valence-electron chi connectivity index (χ0n) is 12.7. The molecule has 0 rings (SSSR count). The average Bonchev–Trinajstić information content (AvgIpc) is 2.24. The maximum atomic E-state index is 11.5. The number of hydrogen-bond donors (Lipinski definition) is 1. The van der Waals surface area contributed by atoms with Crippen molar-refractivity contribution in [3.8, 4) is 0 Å². The van der Waals surface area contributed by atoms with E-state index in [9.17, 15) is 19.2 Å². The van der Waals surface area contributed by atoms with Crippen molar-refractivity contribution in [3.05, 3.63) is 0 Å². The van der Waals surface area contributed by atoms with Gasteiger partial charge in [-0.3, -0.25) is 9.59 Å². The molecule has 0 unspecified atom stereocenters. The third-order valence-corrected chi connectivity index (χ3v) is 2.14. The Kier molecular flexibility index (Phi) is 6.84. The van der Waals surface area contributed by atoms with Crippen LogP contribution in [0.2, 0.25) is 0 Å². The molecule has 0 aromatic carbocycles. The van der Waals surface area contributed by atoms with Gasteiger partial charge in [-0.05, 0) is 34.6 Å². The fraction of sp³-hybridized carbons (Fsp3) is 0.692. The minimum Gasteiger partial charge on any atom is -0.478 e. The number of carboxylic acid groups (broad SMARTS) is 1. The van der Waals surface area contributed by atoms with Crippen molar-refractivity contribution in [2.24, 2.45) is 0 Å². The van der Waals surface area contributed by atoms with E-state index in [2.05, 4.69) is 4.74 Å². The Hall–Kier alpha value is -2.12. The van der Waals surface area contributed by atoms with E-state index in [1.54, 1.807) is 20.8 Å². The van der Waals surface area contributed by atoms with Gasteiger partial charge in [0.1, 0.15) is 5.60 Å². The minimum atomic E-state index is -1.74. The topological polar surface area (TPSA) is 116 Å². The molecule has 0 saturated heterocycles. The number of ketones is 1. The summed E-state index contributed by atoms with van der Waals surface area (Å²) in [7, 11) is 0. The Morgan fingerprint density at radius 2 is 1.62 bits per heavy atom. The molecule has 0 bridgehead atoms. The molecule has 0 spiro atoms. The summed E-state index contributed by atoms with van der Waals surface area (Å²) in [5, 5.41) is 8.91. The Morgan fingerprint density at radius 3 is 2.00 bits per heavy atom. The van der Waals surface area contributed by atoms with E-state index in [0.29, 0.717) is 0 Å². The van der Waals surface area contributed by atoms with Gasteiger partial charge in [-0.25, -0.2) is 9.59 Å². The first-order chi connectivity index (χ1) is 9.42. The van der Waals surface area contributed by atoms with Crippen LogP contribution >= 0.6 is 0 Å². The molecule has 0 aliphatic rings. The third-order valence-electron chi connectivity index (χ3n) is 2.14. The second-order valence-corrected chi connectivity index (χ2v) is 5.36. The van der Waals surface area contributed by atoms with Crippen LogP contribution in [0.5, 0.6) is 0 Å². The summed E-state index contributed by atoms with van der Waals surface area (Å²) in [4.78, 5) is 44.7. The van der Waals surface area contributed by atoms with E-state index in [1.807, 2.05) is 0 Å². The summed E-state index contributed by atoms with van der Waals surface area (Å²) in [6.45, 7) is 7.31. The van der Waals surface area contributed by atoms with Gasteiger partial charge in [0.15, 0.2) is 11.9 Å². The van der Waals surface area contributed by atoms with Gasteiger partial charge in [-0.2, -0.15) is 0 Å². The van der Waals surface area contributed by atoms with Crippen molar-refractivity contribution in [2.45, 2.75) is 58.8 Å². The third kappa shape index (κ3) is 8.61. The monoisotopic (exact) mass is 304 g/mol. The maximum absolute atomic E-state index is 11.5. The van der Waals surface area contributed by atoms with Gasteiger partial charge in [-0.1, -0.05) is 0 Å². The predicted molar refractivity (Wildman–Crippen MR) is 69.6 cm³/mol. The van der Waals surface area contributed by atoms with Gasteiger partial charge >= 0.3 is 18.1 Å². The molecular weight excluding hydrogens is 284 g/mol. The number of rotatable bonds is 6. The van der Waals surface area contributed by atoms with Crippen LogP contribution in [0.15, 0.2) is 0 Å². The first-order valence-electron chi connectivity index (χ1n) is 6.24. The number of hydrogen-bond acceptors (Lipinski definition) is 7. The standard InChI is InChI=1S/C13H20O8/c1-7(14)8(2)19-10(15)6-9(11(16)17)20-12(18)21-13(3,4)5/h8-9H,6H2,1-5H3,(H,16,17)/t8-,9-/m0/s1. The number of carboxylic acids is 1. The summed E-state index contributed by atoms with van der Waals surface area (Å²) >= 11 is 0. The predicted octanol–water partition coefficient (Wildman–Crippen LogP) is 1.30. The van der Waals surface area contributed by atoms with E-state index < -0.39 is 42.3 Å². The van der Waals surface area contributed by atoms with Crippen LogP contribution < -0.4 is 0 Å². The number of Topliss-reactive ketones (excluding diaryl/α,β-unsaturated/α-hetero) is 1. The Labute approximate surface area is 122 Å². The summed E-state index contributed by atoms with van der Waals surface area (Å²) in [5.74, 6) is -2.87. The molecule has 0 amide bonds. The molecule has 1 N–H and O–H groups in total. The zero-order chi connectivity index (χ0) is 16.8. The van der Waals surface area contributed by atoms with Gasteiger partial charge in [0.2, 0.25) is 6.10 Å². The summed E-state index contributed by atoms with van der Waals surface area (Å²) in [6.07, 6.45) is -4.66. The van der Waals surface area contributed by atoms with E-state index in [0.717, 1.165) is 0 Å². The highest BCUT2D eigenvalue weighted by atomic mass is 16.7. The SMILES string of the molecule is CC(=O)[C@H](C)OC(=O)C[C@H](OC(=O)OC(C)(C)C)C(=O)O. The van der Waals surface area contributed by atoms with Gasteiger partial charge in [0.25, 0.3) is 0 Å². The van der Waals surface area contributed by atoms with Crippen LogP contribution in [0.4, 0.5) is 4.79 Å². The highest BCUT2D eigenvalue weighted by Crippen LogP contribution is 2.11. The van der Waals surface area contributed by atoms with Crippen molar-refractivity contribution in [1.82, 2.24) is 0 Å². The molecule has 8 nitrogen and oxygen atoms in total. The summed E-state index contributed by atoms with van der Waals surface area (Å²) < 4.78 is 14.0. The van der Waals surface area contributed by atoms with Gasteiger partial charge < -0.3 is 19.3 Å². The van der Waals surface area contributed by atoms with Crippen molar-refractivity contribution >= 4 is 23.9 Å². The highest BCUT2D eigenvalue weighted by molar-refractivity contribution is 5.85. The molecular formula is C13H20O8. The number of carbonyl (C=O) groups is 4. The first-order valence-corrected chi connectivity index (χ1v) is 6.24. The largest absolute Gasteiger partial charge is 0.509 e. The van der Waals surface area contributed by atoms with E-state index in [1.165, 1.54) is 13.8 Å². The van der Waals surface area contributed by atoms with Crippen molar-refractivity contribution in [1.29, 1.82) is 0 Å². The zero-order valence-corrected chi connectivity index (χ0v) is 12.7. The lowest BCUT2D eigenvalue weighted by molar-refractivity contribution is -0.162. The number of carbonyl (C=O) groups excluding carboxylic acids is 3. The molecule has 0 aromatic heterocycles. The van der Waals surface area contributed by atoms with Gasteiger partial charge in [0, 0.05) is 0 Å². The van der Waals surface area contributed by atoms with Crippen LogP contribution in [0.3, 0.4) is 0 Å². The molecule has 0 heterocycles. The summed E-state index contributed by atoms with van der Waals surface area (Å²) in [5.41, 5.74) is -0.857. The Bertz CT molecular complexity index is 420. The van der Waals surface area contributed by atoms with E-state index in [4.69, 9.17) is 14.6 Å². The van der Waals surface area contributed by atoms with Crippen LogP contribution in [0.1, 0.15) is 41.0 Å². The molecule has 0 aliphatic carbocycles. The molecule has 0 saturated carbocycles. The molecule has 21 heavy (non-hydrogen) atoms. The van der Waals surface area contributed by atoms with Crippen LogP contribution in [-0.2, 0) is 28.6 Å². The Morgan fingerprint density at radius 1 is 1.10 bits per heavy atom. The summed E-state index contributed by atoms with van der Waals surface area (Å²) in [6, 6.07) is 0. The van der Waals surface area contributed by atoms with Gasteiger partial charge in [0.05, 0.1) is 6.42 Å². The molecule has 0 aliphatic heterocycles. The normalized spacial score (nSPS) is 13.8. The quantitative estimate of drug-likeness (QED) is 0.730. The fourth-order valence-electron chi connectivity index (χ4n) is 1.05. The van der Waals surface area contributed by atoms with Crippen molar-refractivity contribution in [3.63, 3.8) is 0 Å². The molecule has 120 valence electrons.